The summed E-state index contributed by atoms with van der Waals surface area (Å²) in [5.41, 5.74) is -5.87. The van der Waals surface area contributed by atoms with Crippen molar-refractivity contribution in [1.29, 1.82) is 0 Å². The average molecular weight is 698 g/mol. The van der Waals surface area contributed by atoms with Crippen molar-refractivity contribution in [3.05, 3.63) is 70.5 Å². The largest absolute Gasteiger partial charge is 0.481 e. The highest BCUT2D eigenvalue weighted by Crippen LogP contribution is 2.56. The highest BCUT2D eigenvalue weighted by molar-refractivity contribution is 5.70. The van der Waals surface area contributed by atoms with Crippen LogP contribution in [0.5, 0.6) is 0 Å². The zero-order valence-electron chi connectivity index (χ0n) is 27.1. The average Bonchev–Trinajstić information content (AvgIpc) is 3.55. The SMILES string of the molecule is CC.Cc1ccc(F)cc1.O=C(O)C1CCC(O)CC1.O=CN1CCC2(CCCO)c3ccc(C(F)(C(F)(F)F)C(F)(F)F)cc3CC12. The van der Waals surface area contributed by atoms with Gasteiger partial charge in [0.05, 0.1) is 12.0 Å². The minimum atomic E-state index is -6.17. The molecular weight excluding hydrogens is 654 g/mol. The molecule has 0 aromatic heterocycles. The van der Waals surface area contributed by atoms with Gasteiger partial charge in [0, 0.05) is 30.2 Å². The summed E-state index contributed by atoms with van der Waals surface area (Å²) in [5.74, 6) is -1.09. The first-order valence-corrected chi connectivity index (χ1v) is 15.8. The van der Waals surface area contributed by atoms with Crippen LogP contribution in [-0.4, -0.2) is 70.2 Å². The van der Waals surface area contributed by atoms with E-state index in [0.717, 1.165) is 11.6 Å². The third kappa shape index (κ3) is 9.04. The van der Waals surface area contributed by atoms with Gasteiger partial charge in [0.1, 0.15) is 5.82 Å². The number of aliphatic hydroxyl groups excluding tert-OH is 2. The fraction of sp³-hybridized carbons (Fsp3) is 0.588. The maximum absolute atomic E-state index is 14.4. The van der Waals surface area contributed by atoms with E-state index in [1.807, 2.05) is 20.8 Å². The van der Waals surface area contributed by atoms with Crippen LogP contribution in [0.1, 0.15) is 81.0 Å². The fourth-order valence-electron chi connectivity index (χ4n) is 6.56. The predicted molar refractivity (Wildman–Crippen MR) is 162 cm³/mol. The number of aliphatic carboxylic acids is 1. The number of hydrogen-bond acceptors (Lipinski definition) is 4. The number of carbonyl (C=O) groups excluding carboxylic acids is 1. The number of aryl methyl sites for hydroxylation is 1. The van der Waals surface area contributed by atoms with Crippen LogP contribution in [0.15, 0.2) is 42.5 Å². The molecule has 1 aliphatic heterocycles. The molecule has 2 aromatic carbocycles. The Bertz CT molecular complexity index is 1290. The molecule has 2 unspecified atom stereocenters. The van der Waals surface area contributed by atoms with Crippen LogP contribution < -0.4 is 0 Å². The molecule has 2 aromatic rings. The molecular formula is C34H43F8NO5. The summed E-state index contributed by atoms with van der Waals surface area (Å²) in [4.78, 5) is 23.2. The Morgan fingerprint density at radius 1 is 0.958 bits per heavy atom. The number of fused-ring (bicyclic) bond motifs is 3. The Labute approximate surface area is 274 Å². The first-order valence-electron chi connectivity index (χ1n) is 15.8. The lowest BCUT2D eigenvalue weighted by Gasteiger charge is -2.33. The number of amides is 1. The number of alkyl halides is 7. The normalized spacial score (nSPS) is 23.3. The summed E-state index contributed by atoms with van der Waals surface area (Å²) in [6, 6.07) is 8.23. The van der Waals surface area contributed by atoms with Crippen molar-refractivity contribution in [1.82, 2.24) is 4.90 Å². The van der Waals surface area contributed by atoms with Gasteiger partial charge < -0.3 is 20.2 Å². The second-order valence-electron chi connectivity index (χ2n) is 12.0. The molecule has 1 saturated heterocycles. The van der Waals surface area contributed by atoms with Crippen LogP contribution in [0.4, 0.5) is 35.1 Å². The number of likely N-dealkylation sites (tertiary alicyclic amines) is 1. The highest BCUT2D eigenvalue weighted by Gasteiger charge is 2.73. The quantitative estimate of drug-likeness (QED) is 0.214. The maximum atomic E-state index is 14.4. The first-order chi connectivity index (χ1) is 22.4. The Morgan fingerprint density at radius 3 is 1.98 bits per heavy atom. The smallest absolute Gasteiger partial charge is 0.435 e. The van der Waals surface area contributed by atoms with E-state index in [1.54, 1.807) is 12.1 Å². The van der Waals surface area contributed by atoms with Crippen molar-refractivity contribution < 1.29 is 60.0 Å². The topological polar surface area (TPSA) is 98.1 Å². The predicted octanol–water partition coefficient (Wildman–Crippen LogP) is 7.56. The number of aliphatic hydroxyl groups is 2. The van der Waals surface area contributed by atoms with E-state index in [0.29, 0.717) is 75.6 Å². The van der Waals surface area contributed by atoms with Crippen molar-refractivity contribution in [2.24, 2.45) is 5.92 Å². The monoisotopic (exact) mass is 697 g/mol. The van der Waals surface area contributed by atoms with Gasteiger partial charge >= 0.3 is 24.0 Å². The first kappa shape index (κ1) is 40.9. The fourth-order valence-corrected chi connectivity index (χ4v) is 6.56. The van der Waals surface area contributed by atoms with Crippen LogP contribution in [0.2, 0.25) is 0 Å². The molecule has 5 rings (SSSR count). The lowest BCUT2D eigenvalue weighted by molar-refractivity contribution is -0.348. The second kappa shape index (κ2) is 16.9. The van der Waals surface area contributed by atoms with Gasteiger partial charge in [0.15, 0.2) is 0 Å². The van der Waals surface area contributed by atoms with Crippen molar-refractivity contribution in [2.75, 3.05) is 13.2 Å². The van der Waals surface area contributed by atoms with Crippen LogP contribution >= 0.6 is 0 Å². The number of halogens is 8. The molecule has 3 aliphatic rings. The summed E-state index contributed by atoms with van der Waals surface area (Å²) in [7, 11) is 0. The van der Waals surface area contributed by atoms with Gasteiger partial charge in [-0.25, -0.2) is 8.78 Å². The Hall–Kier alpha value is -3.26. The van der Waals surface area contributed by atoms with E-state index >= 15 is 0 Å². The summed E-state index contributed by atoms with van der Waals surface area (Å²) in [6.45, 7) is 6.19. The number of rotatable bonds is 6. The molecule has 3 N–H and O–H groups in total. The molecule has 0 radical (unpaired) electrons. The maximum Gasteiger partial charge on any atom is 0.435 e. The number of nitrogens with zero attached hydrogens (tertiary/aromatic N) is 1. The van der Waals surface area contributed by atoms with Crippen molar-refractivity contribution in [3.8, 4) is 0 Å². The van der Waals surface area contributed by atoms with E-state index in [1.165, 1.54) is 17.0 Å². The van der Waals surface area contributed by atoms with Crippen LogP contribution in [0.25, 0.3) is 0 Å². The molecule has 6 nitrogen and oxygen atoms in total. The number of carbonyl (C=O) groups is 2. The number of carboxylic acid groups (broad SMARTS) is 1. The highest BCUT2D eigenvalue weighted by atomic mass is 19.4. The summed E-state index contributed by atoms with van der Waals surface area (Å²) in [5, 5.41) is 26.7. The Kier molecular flexibility index (Phi) is 14.4. The second-order valence-corrected chi connectivity index (χ2v) is 12.0. The molecule has 0 bridgehead atoms. The molecule has 14 heteroatoms. The number of hydrogen-bond donors (Lipinski definition) is 3. The summed E-state index contributed by atoms with van der Waals surface area (Å²) in [6.07, 6.45) is -8.12. The van der Waals surface area contributed by atoms with Crippen molar-refractivity contribution in [2.45, 2.75) is 108 Å². The van der Waals surface area contributed by atoms with Gasteiger partial charge in [-0.2, -0.15) is 26.3 Å². The van der Waals surface area contributed by atoms with Crippen LogP contribution in [0.3, 0.4) is 0 Å². The minimum Gasteiger partial charge on any atom is -0.481 e. The van der Waals surface area contributed by atoms with Crippen LogP contribution in [0, 0.1) is 18.7 Å². The standard InChI is InChI=1S/C18H18F7NO2.C7H7F.C7H12O3.C2H6/c19-16(17(20,21)22,18(23,24)25)12-2-3-13-11(8-12)9-14-15(13,4-1-7-27)5-6-26(14)10-28;1-6-2-4-7(8)5-3-6;8-6-3-1-5(2-4-6)7(9)10;1-2/h2-3,8,10,14,27H,1,4-7,9H2;2-5H,1H3;5-6,8H,1-4H2,(H,9,10);1-2H3. The zero-order chi connectivity index (χ0) is 36.5. The molecule has 0 spiro atoms. The van der Waals surface area contributed by atoms with Gasteiger partial charge in [-0.15, -0.1) is 0 Å². The van der Waals surface area contributed by atoms with E-state index < -0.39 is 41.0 Å². The van der Waals surface area contributed by atoms with E-state index in [-0.39, 0.29) is 36.4 Å². The third-order valence-corrected chi connectivity index (χ3v) is 9.06. The Balaban J connectivity index is 0.000000324. The molecule has 270 valence electrons. The van der Waals surface area contributed by atoms with Gasteiger partial charge in [-0.3, -0.25) is 9.59 Å². The molecule has 1 saturated carbocycles. The lowest BCUT2D eigenvalue weighted by Crippen LogP contribution is -2.50. The van der Waals surface area contributed by atoms with Gasteiger partial charge in [-0.1, -0.05) is 49.7 Å². The molecule has 2 atom stereocenters. The summed E-state index contributed by atoms with van der Waals surface area (Å²) < 4.78 is 105. The van der Waals surface area contributed by atoms with E-state index in [2.05, 4.69) is 0 Å². The molecule has 1 heterocycles. The zero-order valence-corrected chi connectivity index (χ0v) is 27.1. The molecule has 48 heavy (non-hydrogen) atoms. The minimum absolute atomic E-state index is 0.0408. The molecule has 1 amide bonds. The van der Waals surface area contributed by atoms with E-state index in [9.17, 15) is 44.7 Å². The van der Waals surface area contributed by atoms with Crippen molar-refractivity contribution in [3.63, 3.8) is 0 Å². The summed E-state index contributed by atoms with van der Waals surface area (Å²) >= 11 is 0. The van der Waals surface area contributed by atoms with Gasteiger partial charge in [0.2, 0.25) is 6.41 Å². The molecule has 2 fully saturated rings. The number of carboxylic acids is 1. The van der Waals surface area contributed by atoms with Crippen molar-refractivity contribution >= 4 is 12.4 Å². The lowest BCUT2D eigenvalue weighted by atomic mass is 9.74. The van der Waals surface area contributed by atoms with Gasteiger partial charge in [0.25, 0.3) is 0 Å². The van der Waals surface area contributed by atoms with E-state index in [4.69, 9.17) is 15.3 Å². The Morgan fingerprint density at radius 2 is 1.52 bits per heavy atom. The van der Waals surface area contributed by atoms with Crippen LogP contribution in [-0.2, 0) is 27.1 Å². The third-order valence-electron chi connectivity index (χ3n) is 9.06. The molecule has 2 aliphatic carbocycles. The van der Waals surface area contributed by atoms with Gasteiger partial charge in [-0.05, 0) is 81.5 Å². The number of benzene rings is 2.